The first-order valence-electron chi connectivity index (χ1n) is 23.3. The summed E-state index contributed by atoms with van der Waals surface area (Å²) < 4.78 is 2.64. The topological polar surface area (TPSA) is 19.7 Å². The zero-order valence-corrected chi connectivity index (χ0v) is 34.6. The first kappa shape index (κ1) is 46.2. The van der Waals surface area contributed by atoms with Crippen LogP contribution in [0.2, 0.25) is 0 Å². The Morgan fingerprint density at radius 2 is 0.653 bits per heavy atom. The maximum Gasteiger partial charge on any atom is 0.257 e. The van der Waals surface area contributed by atoms with Gasteiger partial charge in [-0.2, -0.15) is 0 Å². The number of H-pyrrole nitrogens is 1. The van der Waals surface area contributed by atoms with Crippen LogP contribution in [-0.2, 0) is 0 Å². The molecule has 2 unspecified atom stereocenters. The fourth-order valence-corrected chi connectivity index (χ4v) is 8.20. The zero-order valence-electron chi connectivity index (χ0n) is 34.6. The zero-order chi connectivity index (χ0) is 35.3. The van der Waals surface area contributed by atoms with Crippen LogP contribution in [0.15, 0.2) is 12.4 Å². The summed E-state index contributed by atoms with van der Waals surface area (Å²) in [5, 5.41) is 0. The van der Waals surface area contributed by atoms with E-state index in [4.69, 9.17) is 0 Å². The highest BCUT2D eigenvalue weighted by atomic mass is 15.1. The third-order valence-corrected chi connectivity index (χ3v) is 11.6. The molecule has 1 heterocycles. The Morgan fingerprint density at radius 3 is 0.959 bits per heavy atom. The van der Waals surface area contributed by atoms with Crippen LogP contribution in [0.4, 0.5) is 0 Å². The molecule has 1 aromatic heterocycles. The van der Waals surface area contributed by atoms with Gasteiger partial charge in [-0.3, -0.25) is 0 Å². The first-order valence-corrected chi connectivity index (χ1v) is 23.3. The molecule has 1 N–H and O–H groups in total. The SMILES string of the molecule is CCCCCCCCCCCCCCCCCCC(CCCCCCCCCCCCCCCC)c1[nH]cc[n+]1C(C)CCCCCCC. The molecule has 2 atom stereocenters. The summed E-state index contributed by atoms with van der Waals surface area (Å²) in [6.45, 7) is 9.42. The van der Waals surface area contributed by atoms with Gasteiger partial charge in [-0.1, -0.05) is 239 Å². The Morgan fingerprint density at radius 1 is 0.388 bits per heavy atom. The lowest BCUT2D eigenvalue weighted by Gasteiger charge is -2.17. The van der Waals surface area contributed by atoms with Crippen molar-refractivity contribution in [1.82, 2.24) is 4.98 Å². The van der Waals surface area contributed by atoms with Crippen LogP contribution in [0.1, 0.15) is 289 Å². The largest absolute Gasteiger partial charge is 0.257 e. The van der Waals surface area contributed by atoms with Gasteiger partial charge in [-0.05, 0) is 32.6 Å². The van der Waals surface area contributed by atoms with Crippen molar-refractivity contribution < 1.29 is 4.57 Å². The van der Waals surface area contributed by atoms with Gasteiger partial charge < -0.3 is 0 Å². The Kier molecular flexibility index (Phi) is 34.9. The van der Waals surface area contributed by atoms with E-state index in [1.807, 2.05) is 0 Å². The highest BCUT2D eigenvalue weighted by Gasteiger charge is 2.25. The van der Waals surface area contributed by atoms with Crippen molar-refractivity contribution in [3.63, 3.8) is 0 Å². The fourth-order valence-electron chi connectivity index (χ4n) is 8.20. The Balaban J connectivity index is 2.30. The lowest BCUT2D eigenvalue weighted by molar-refractivity contribution is -0.727. The first-order chi connectivity index (χ1) is 24.2. The van der Waals surface area contributed by atoms with Gasteiger partial charge in [0.05, 0.1) is 12.0 Å². The molecule has 0 fully saturated rings. The molecule has 1 rings (SSSR count). The number of hydrogen-bond acceptors (Lipinski definition) is 0. The molecule has 1 aromatic rings. The summed E-state index contributed by atoms with van der Waals surface area (Å²) in [6, 6.07) is 0.618. The minimum atomic E-state index is 0.618. The number of aromatic amines is 1. The van der Waals surface area contributed by atoms with E-state index in [0.717, 1.165) is 0 Å². The minimum Gasteiger partial charge on any atom is -0.247 e. The number of rotatable bonds is 40. The van der Waals surface area contributed by atoms with Gasteiger partial charge in [-0.25, -0.2) is 9.55 Å². The van der Waals surface area contributed by atoms with Gasteiger partial charge in [0, 0.05) is 0 Å². The highest BCUT2D eigenvalue weighted by Crippen LogP contribution is 2.27. The molecule has 0 bridgehead atoms. The predicted octanol–water partition coefficient (Wildman–Crippen LogP) is 16.8. The van der Waals surface area contributed by atoms with E-state index < -0.39 is 0 Å². The summed E-state index contributed by atoms with van der Waals surface area (Å²) in [7, 11) is 0. The molecular formula is C47H93N2+. The standard InChI is InChI=1S/C47H92N2/c1-5-8-11-14-16-18-20-22-24-25-27-29-31-33-36-39-42-46(47-48-43-44-49(47)45(4)40-37-34-13-10-7-3)41-38-35-32-30-28-26-23-21-19-17-15-12-9-6-2/h43-46H,5-42H2,1-4H3/p+1. The molecule has 290 valence electrons. The van der Waals surface area contributed by atoms with E-state index in [9.17, 15) is 0 Å². The molecular weight excluding hydrogens is 593 g/mol. The molecule has 0 saturated heterocycles. The maximum atomic E-state index is 3.76. The van der Waals surface area contributed by atoms with Gasteiger partial charge in [0.15, 0.2) is 0 Å². The van der Waals surface area contributed by atoms with Crippen LogP contribution in [0, 0.1) is 0 Å². The molecule has 0 radical (unpaired) electrons. The summed E-state index contributed by atoms with van der Waals surface area (Å²) in [6.07, 6.45) is 59.1. The van der Waals surface area contributed by atoms with E-state index in [1.165, 1.54) is 250 Å². The van der Waals surface area contributed by atoms with Crippen molar-refractivity contribution in [2.24, 2.45) is 0 Å². The lowest BCUT2D eigenvalue weighted by atomic mass is 9.92. The second-order valence-electron chi connectivity index (χ2n) is 16.5. The summed E-state index contributed by atoms with van der Waals surface area (Å²) in [4.78, 5) is 3.76. The van der Waals surface area contributed by atoms with Gasteiger partial charge in [0.2, 0.25) is 0 Å². The smallest absolute Gasteiger partial charge is 0.247 e. The van der Waals surface area contributed by atoms with Crippen molar-refractivity contribution in [3.8, 4) is 0 Å². The Hall–Kier alpha value is -0.790. The number of nitrogens with zero attached hydrogens (tertiary/aromatic N) is 1. The third kappa shape index (κ3) is 28.5. The van der Waals surface area contributed by atoms with Crippen LogP contribution >= 0.6 is 0 Å². The van der Waals surface area contributed by atoms with E-state index in [1.54, 1.807) is 0 Å². The molecule has 0 aliphatic carbocycles. The van der Waals surface area contributed by atoms with Crippen LogP contribution in [0.25, 0.3) is 0 Å². The molecule has 2 heteroatoms. The molecule has 2 nitrogen and oxygen atoms in total. The Labute approximate surface area is 310 Å². The van der Waals surface area contributed by atoms with Crippen molar-refractivity contribution in [1.29, 1.82) is 0 Å². The van der Waals surface area contributed by atoms with Gasteiger partial charge >= 0.3 is 0 Å². The lowest BCUT2D eigenvalue weighted by Crippen LogP contribution is -2.41. The number of imidazole rings is 1. The summed E-state index contributed by atoms with van der Waals surface area (Å²) >= 11 is 0. The van der Waals surface area contributed by atoms with E-state index in [-0.39, 0.29) is 0 Å². The molecule has 0 amide bonds. The van der Waals surface area contributed by atoms with Gasteiger partial charge in [0.25, 0.3) is 5.82 Å². The van der Waals surface area contributed by atoms with E-state index >= 15 is 0 Å². The molecule has 0 saturated carbocycles. The predicted molar refractivity (Wildman–Crippen MR) is 221 cm³/mol. The van der Waals surface area contributed by atoms with Crippen LogP contribution < -0.4 is 4.57 Å². The third-order valence-electron chi connectivity index (χ3n) is 11.6. The van der Waals surface area contributed by atoms with E-state index in [0.29, 0.717) is 12.0 Å². The quantitative estimate of drug-likeness (QED) is 0.0524. The maximum absolute atomic E-state index is 3.76. The van der Waals surface area contributed by atoms with E-state index in [2.05, 4.69) is 49.6 Å². The molecule has 0 aromatic carbocycles. The second-order valence-corrected chi connectivity index (χ2v) is 16.5. The average molecular weight is 686 g/mol. The number of unbranched alkanes of at least 4 members (excludes halogenated alkanes) is 32. The van der Waals surface area contributed by atoms with Crippen molar-refractivity contribution >= 4 is 0 Å². The number of hydrogen-bond donors (Lipinski definition) is 1. The molecule has 0 aliphatic heterocycles. The fraction of sp³-hybridized carbons (Fsp3) is 0.936. The van der Waals surface area contributed by atoms with Crippen LogP contribution in [-0.4, -0.2) is 4.98 Å². The number of aromatic nitrogens is 2. The van der Waals surface area contributed by atoms with Gasteiger partial charge in [-0.15, -0.1) is 0 Å². The summed E-state index contributed by atoms with van der Waals surface area (Å²) in [5.41, 5.74) is 0. The van der Waals surface area contributed by atoms with Crippen LogP contribution in [0.3, 0.4) is 0 Å². The minimum absolute atomic E-state index is 0.618. The van der Waals surface area contributed by atoms with Crippen molar-refractivity contribution in [2.75, 3.05) is 0 Å². The molecule has 0 aliphatic rings. The van der Waals surface area contributed by atoms with Gasteiger partial charge in [0.1, 0.15) is 12.4 Å². The monoisotopic (exact) mass is 686 g/mol. The Bertz CT molecular complexity index is 753. The van der Waals surface area contributed by atoms with Crippen molar-refractivity contribution in [2.45, 2.75) is 284 Å². The molecule has 49 heavy (non-hydrogen) atoms. The molecule has 0 spiro atoms. The average Bonchev–Trinajstić information content (AvgIpc) is 3.60. The second kappa shape index (κ2) is 37.0. The highest BCUT2D eigenvalue weighted by molar-refractivity contribution is 4.90. The normalized spacial score (nSPS) is 13.0. The van der Waals surface area contributed by atoms with Crippen molar-refractivity contribution in [3.05, 3.63) is 18.2 Å². The van der Waals surface area contributed by atoms with Crippen LogP contribution in [0.5, 0.6) is 0 Å². The summed E-state index contributed by atoms with van der Waals surface area (Å²) in [5.74, 6) is 2.25. The number of nitrogens with one attached hydrogen (secondary N) is 1.